The zero-order valence-electron chi connectivity index (χ0n) is 23.7. The molecule has 214 valence electrons. The van der Waals surface area contributed by atoms with Gasteiger partial charge in [-0.25, -0.2) is 4.79 Å². The average molecular weight is 583 g/mol. The fourth-order valence-corrected chi connectivity index (χ4v) is 6.79. The first kappa shape index (κ1) is 29.9. The fourth-order valence-electron chi connectivity index (χ4n) is 4.74. The number of carbonyl (C=O) groups excluding carboxylic acids is 2. The van der Waals surface area contributed by atoms with Gasteiger partial charge in [0.25, 0.3) is 0 Å². The van der Waals surface area contributed by atoms with Gasteiger partial charge < -0.3 is 14.8 Å². The number of amides is 1. The Balaban J connectivity index is 1.45. The Bertz CT molecular complexity index is 1330. The summed E-state index contributed by atoms with van der Waals surface area (Å²) in [6, 6.07) is 8.07. The first-order valence-electron chi connectivity index (χ1n) is 13.9. The highest BCUT2D eigenvalue weighted by Gasteiger charge is 2.27. The molecule has 1 amide bonds. The number of aromatic nitrogens is 3. The van der Waals surface area contributed by atoms with E-state index in [1.807, 2.05) is 23.6 Å². The van der Waals surface area contributed by atoms with Crippen LogP contribution in [0.15, 0.2) is 42.1 Å². The van der Waals surface area contributed by atoms with Crippen molar-refractivity contribution in [3.63, 3.8) is 0 Å². The van der Waals surface area contributed by atoms with Crippen molar-refractivity contribution in [2.45, 2.75) is 83.5 Å². The van der Waals surface area contributed by atoms with Crippen molar-refractivity contribution >= 4 is 40.0 Å². The number of esters is 1. The number of fused-ring (bicyclic) bond motifs is 1. The van der Waals surface area contributed by atoms with E-state index < -0.39 is 0 Å². The maximum Gasteiger partial charge on any atom is 0.341 e. The average Bonchev–Trinajstić information content (AvgIpc) is 3.40. The van der Waals surface area contributed by atoms with Crippen molar-refractivity contribution in [3.8, 4) is 5.75 Å². The van der Waals surface area contributed by atoms with Crippen LogP contribution in [0.4, 0.5) is 5.00 Å². The molecular weight excluding hydrogens is 544 g/mol. The monoisotopic (exact) mass is 582 g/mol. The number of rotatable bonds is 12. The lowest BCUT2D eigenvalue weighted by Gasteiger charge is -2.16. The van der Waals surface area contributed by atoms with E-state index in [1.54, 1.807) is 13.0 Å². The summed E-state index contributed by atoms with van der Waals surface area (Å²) in [5.41, 5.74) is 2.80. The van der Waals surface area contributed by atoms with Crippen LogP contribution < -0.4 is 10.1 Å². The molecule has 8 nitrogen and oxygen atoms in total. The molecule has 2 heterocycles. The van der Waals surface area contributed by atoms with Gasteiger partial charge in [0.15, 0.2) is 17.1 Å². The maximum atomic E-state index is 13.0. The SMILES string of the molecule is C=CCn1c(SCC(=O)Nc2sc3c(c2C(=O)OCC)CCCCC3)nnc1C(C)Oc1ccc(C(C)C)cc1. The summed E-state index contributed by atoms with van der Waals surface area (Å²) in [6.45, 7) is 12.7. The first-order chi connectivity index (χ1) is 19.3. The minimum absolute atomic E-state index is 0.117. The zero-order chi connectivity index (χ0) is 28.6. The van der Waals surface area contributed by atoms with E-state index in [4.69, 9.17) is 9.47 Å². The molecule has 0 radical (unpaired) electrons. The maximum absolute atomic E-state index is 13.0. The molecule has 0 spiro atoms. The molecule has 0 aliphatic heterocycles. The van der Waals surface area contributed by atoms with Crippen molar-refractivity contribution in [1.82, 2.24) is 14.8 Å². The number of nitrogens with zero attached hydrogens (tertiary/aromatic N) is 3. The molecule has 40 heavy (non-hydrogen) atoms. The number of nitrogens with one attached hydrogen (secondary N) is 1. The van der Waals surface area contributed by atoms with E-state index in [0.717, 1.165) is 43.4 Å². The molecule has 1 aliphatic rings. The van der Waals surface area contributed by atoms with Gasteiger partial charge in [0.05, 0.1) is 17.9 Å². The molecule has 3 aromatic rings. The lowest BCUT2D eigenvalue weighted by atomic mass is 10.0. The Morgan fingerprint density at radius 2 is 1.90 bits per heavy atom. The number of benzene rings is 1. The summed E-state index contributed by atoms with van der Waals surface area (Å²) in [5, 5.41) is 12.9. The van der Waals surface area contributed by atoms with Crippen LogP contribution in [-0.4, -0.2) is 39.0 Å². The molecule has 0 saturated heterocycles. The molecule has 1 aliphatic carbocycles. The molecule has 1 N–H and O–H groups in total. The highest BCUT2D eigenvalue weighted by molar-refractivity contribution is 7.99. The smallest absolute Gasteiger partial charge is 0.341 e. The van der Waals surface area contributed by atoms with Crippen molar-refractivity contribution in [2.75, 3.05) is 17.7 Å². The number of carbonyl (C=O) groups is 2. The molecular formula is C30H38N4O4S2. The molecule has 0 bridgehead atoms. The van der Waals surface area contributed by atoms with Gasteiger partial charge in [-0.3, -0.25) is 9.36 Å². The van der Waals surface area contributed by atoms with Crippen molar-refractivity contribution < 1.29 is 19.1 Å². The van der Waals surface area contributed by atoms with Crippen molar-refractivity contribution in [1.29, 1.82) is 0 Å². The summed E-state index contributed by atoms with van der Waals surface area (Å²) in [7, 11) is 0. The zero-order valence-corrected chi connectivity index (χ0v) is 25.3. The molecule has 1 unspecified atom stereocenters. The predicted octanol–water partition coefficient (Wildman–Crippen LogP) is 6.97. The molecule has 4 rings (SSSR count). The molecule has 2 aromatic heterocycles. The number of ether oxygens (including phenoxy) is 2. The molecule has 0 saturated carbocycles. The number of thioether (sulfide) groups is 1. The third-order valence-electron chi connectivity index (χ3n) is 6.77. The van der Waals surface area contributed by atoms with E-state index in [0.29, 0.717) is 40.6 Å². The second kappa shape index (κ2) is 14.0. The predicted molar refractivity (Wildman–Crippen MR) is 161 cm³/mol. The Labute approximate surface area is 244 Å². The first-order valence-corrected chi connectivity index (χ1v) is 15.7. The van der Waals surface area contributed by atoms with Crippen LogP contribution in [0.2, 0.25) is 0 Å². The Morgan fingerprint density at radius 3 is 2.60 bits per heavy atom. The van der Waals surface area contributed by atoms with E-state index in [9.17, 15) is 9.59 Å². The summed E-state index contributed by atoms with van der Waals surface area (Å²) >= 11 is 2.79. The number of allylic oxidation sites excluding steroid dienone is 1. The van der Waals surface area contributed by atoms with E-state index in [2.05, 4.69) is 48.1 Å². The van der Waals surface area contributed by atoms with Crippen LogP contribution in [0.3, 0.4) is 0 Å². The molecule has 0 fully saturated rings. The van der Waals surface area contributed by atoms with Gasteiger partial charge in [0.1, 0.15) is 10.8 Å². The molecule has 1 aromatic carbocycles. The van der Waals surface area contributed by atoms with Crippen LogP contribution in [0, 0.1) is 0 Å². The third-order valence-corrected chi connectivity index (χ3v) is 8.94. The normalized spacial score (nSPS) is 13.8. The standard InChI is InChI=1S/C30H38N4O4S2/c1-6-17-34-27(20(5)38-22-15-13-21(14-16-22)19(3)4)32-33-30(34)39-18-25(35)31-28-26(29(36)37-7-2)23-11-9-8-10-12-24(23)40-28/h6,13-16,19-20H,1,7-12,17-18H2,2-5H3,(H,31,35). The van der Waals surface area contributed by atoms with Gasteiger partial charge in [0.2, 0.25) is 5.91 Å². The number of anilines is 1. The van der Waals surface area contributed by atoms with Crippen molar-refractivity contribution in [2.24, 2.45) is 0 Å². The van der Waals surface area contributed by atoms with E-state index in [1.165, 1.54) is 33.5 Å². The van der Waals surface area contributed by atoms with Gasteiger partial charge in [0, 0.05) is 11.4 Å². The van der Waals surface area contributed by atoms with Crippen LogP contribution >= 0.6 is 23.1 Å². The molecule has 10 heteroatoms. The highest BCUT2D eigenvalue weighted by atomic mass is 32.2. The lowest BCUT2D eigenvalue weighted by Crippen LogP contribution is -2.17. The van der Waals surface area contributed by atoms with Gasteiger partial charge in [-0.15, -0.1) is 28.1 Å². The van der Waals surface area contributed by atoms with Crippen LogP contribution in [0.1, 0.15) is 91.2 Å². The van der Waals surface area contributed by atoms with Crippen LogP contribution in [0.5, 0.6) is 5.75 Å². The topological polar surface area (TPSA) is 95.3 Å². The number of thiophene rings is 1. The van der Waals surface area contributed by atoms with Crippen LogP contribution in [0.25, 0.3) is 0 Å². The fraction of sp³-hybridized carbons (Fsp3) is 0.467. The second-order valence-electron chi connectivity index (χ2n) is 10.0. The van der Waals surface area contributed by atoms with Gasteiger partial charge >= 0.3 is 5.97 Å². The highest BCUT2D eigenvalue weighted by Crippen LogP contribution is 2.38. The van der Waals surface area contributed by atoms with Crippen LogP contribution in [-0.2, 0) is 28.9 Å². The quantitative estimate of drug-likeness (QED) is 0.107. The molecule has 1 atom stereocenters. The van der Waals surface area contributed by atoms with Crippen molar-refractivity contribution in [3.05, 3.63) is 64.3 Å². The minimum Gasteiger partial charge on any atom is -0.483 e. The summed E-state index contributed by atoms with van der Waals surface area (Å²) in [5.74, 6) is 1.40. The van der Waals surface area contributed by atoms with Gasteiger partial charge in [-0.2, -0.15) is 0 Å². The number of aryl methyl sites for hydroxylation is 1. The van der Waals surface area contributed by atoms with Gasteiger partial charge in [-0.05, 0) is 68.7 Å². The number of hydrogen-bond acceptors (Lipinski definition) is 8. The third kappa shape index (κ3) is 7.14. The Morgan fingerprint density at radius 1 is 1.15 bits per heavy atom. The number of hydrogen-bond donors (Lipinski definition) is 1. The minimum atomic E-state index is -0.368. The summed E-state index contributed by atoms with van der Waals surface area (Å²) < 4.78 is 13.4. The lowest BCUT2D eigenvalue weighted by molar-refractivity contribution is -0.113. The summed E-state index contributed by atoms with van der Waals surface area (Å²) in [4.78, 5) is 27.0. The largest absolute Gasteiger partial charge is 0.483 e. The van der Waals surface area contributed by atoms with E-state index >= 15 is 0 Å². The van der Waals surface area contributed by atoms with Gasteiger partial charge in [-0.1, -0.05) is 50.2 Å². The van der Waals surface area contributed by atoms with E-state index in [-0.39, 0.29) is 23.7 Å². The Hall–Kier alpha value is -3.11. The second-order valence-corrected chi connectivity index (χ2v) is 12.1. The Kier molecular flexibility index (Phi) is 10.4. The summed E-state index contributed by atoms with van der Waals surface area (Å²) in [6.07, 6.45) is 6.44.